The predicted molar refractivity (Wildman–Crippen MR) is 84.0 cm³/mol. The average molecular weight is 319 g/mol. The van der Waals surface area contributed by atoms with Crippen LogP contribution in [0.1, 0.15) is 15.9 Å². The lowest BCUT2D eigenvalue weighted by Crippen LogP contribution is -2.17. The third-order valence-electron chi connectivity index (χ3n) is 2.72. The van der Waals surface area contributed by atoms with Gasteiger partial charge in [0.1, 0.15) is 5.02 Å². The van der Waals surface area contributed by atoms with Crippen LogP contribution < -0.4 is 11.2 Å². The smallest absolute Gasteiger partial charge is 0.288 e. The van der Waals surface area contributed by atoms with Crippen molar-refractivity contribution in [3.8, 4) is 0 Å². The fourth-order valence-corrected chi connectivity index (χ4v) is 1.80. The van der Waals surface area contributed by atoms with E-state index in [4.69, 9.17) is 17.3 Å². The Morgan fingerprint density at radius 1 is 1.27 bits per heavy atom. The van der Waals surface area contributed by atoms with Crippen LogP contribution in [0, 0.1) is 10.1 Å². The Morgan fingerprint density at radius 3 is 2.59 bits per heavy atom. The lowest BCUT2D eigenvalue weighted by Gasteiger charge is -2.00. The van der Waals surface area contributed by atoms with Crippen LogP contribution in [0.15, 0.2) is 47.6 Å². The lowest BCUT2D eigenvalue weighted by molar-refractivity contribution is -0.384. The number of carbonyl (C=O) groups is 1. The predicted octanol–water partition coefficient (Wildman–Crippen LogP) is 2.59. The van der Waals surface area contributed by atoms with Gasteiger partial charge in [0.2, 0.25) is 0 Å². The summed E-state index contributed by atoms with van der Waals surface area (Å²) in [5.41, 5.74) is 9.00. The summed E-state index contributed by atoms with van der Waals surface area (Å²) in [5.74, 6) is -0.417. The van der Waals surface area contributed by atoms with Crippen LogP contribution in [0.4, 0.5) is 11.4 Å². The molecule has 22 heavy (non-hydrogen) atoms. The van der Waals surface area contributed by atoms with Crippen LogP contribution in [0.3, 0.4) is 0 Å². The Bertz CT molecular complexity index is 744. The maximum atomic E-state index is 11.8. The molecule has 0 spiro atoms. The van der Waals surface area contributed by atoms with Gasteiger partial charge in [0.05, 0.1) is 11.1 Å². The van der Waals surface area contributed by atoms with E-state index in [-0.39, 0.29) is 10.7 Å². The molecule has 7 nitrogen and oxygen atoms in total. The van der Waals surface area contributed by atoms with E-state index in [9.17, 15) is 14.9 Å². The van der Waals surface area contributed by atoms with Gasteiger partial charge < -0.3 is 5.73 Å². The molecule has 0 aromatic heterocycles. The summed E-state index contributed by atoms with van der Waals surface area (Å²) in [7, 11) is 0. The van der Waals surface area contributed by atoms with Crippen molar-refractivity contribution in [3.63, 3.8) is 0 Å². The van der Waals surface area contributed by atoms with Crippen molar-refractivity contribution in [1.29, 1.82) is 0 Å². The van der Waals surface area contributed by atoms with E-state index in [0.29, 0.717) is 16.8 Å². The number of hydrazone groups is 1. The zero-order chi connectivity index (χ0) is 16.1. The minimum atomic E-state index is -0.591. The second-order valence-corrected chi connectivity index (χ2v) is 4.70. The molecule has 0 saturated carbocycles. The number of hydrogen-bond donors (Lipinski definition) is 2. The van der Waals surface area contributed by atoms with Crippen molar-refractivity contribution >= 4 is 35.1 Å². The molecule has 8 heteroatoms. The number of anilines is 1. The van der Waals surface area contributed by atoms with E-state index in [1.54, 1.807) is 30.3 Å². The second kappa shape index (κ2) is 6.68. The summed E-state index contributed by atoms with van der Waals surface area (Å²) in [6.07, 6.45) is 1.29. The van der Waals surface area contributed by atoms with Gasteiger partial charge in [-0.25, -0.2) is 5.43 Å². The number of nitrogens with zero attached hydrogens (tertiary/aromatic N) is 2. The Hall–Kier alpha value is -2.93. The number of nitro benzene ring substituents is 1. The standard InChI is InChI=1S/C14H11ClN4O3/c15-12-6-1-9(7-13(12)19(21)22)8-17-18-14(20)10-2-4-11(16)5-3-10/h1-8H,16H2,(H,18,20). The molecular weight excluding hydrogens is 308 g/mol. The van der Waals surface area contributed by atoms with E-state index >= 15 is 0 Å². The zero-order valence-electron chi connectivity index (χ0n) is 11.2. The summed E-state index contributed by atoms with van der Waals surface area (Å²) in [6, 6.07) is 10.5. The second-order valence-electron chi connectivity index (χ2n) is 4.29. The highest BCUT2D eigenvalue weighted by Crippen LogP contribution is 2.24. The molecule has 0 saturated heterocycles. The zero-order valence-corrected chi connectivity index (χ0v) is 11.9. The highest BCUT2D eigenvalue weighted by Gasteiger charge is 2.11. The Kier molecular flexibility index (Phi) is 4.70. The Balaban J connectivity index is 2.06. The fraction of sp³-hybridized carbons (Fsp3) is 0. The summed E-state index contributed by atoms with van der Waals surface area (Å²) in [6.45, 7) is 0. The molecule has 0 unspecified atom stereocenters. The molecule has 0 heterocycles. The van der Waals surface area contributed by atoms with Crippen LogP contribution in [0.5, 0.6) is 0 Å². The van der Waals surface area contributed by atoms with Gasteiger partial charge >= 0.3 is 0 Å². The number of halogens is 1. The molecule has 1 amide bonds. The maximum Gasteiger partial charge on any atom is 0.288 e. The fourth-order valence-electron chi connectivity index (χ4n) is 1.61. The molecule has 112 valence electrons. The van der Waals surface area contributed by atoms with Crippen molar-refractivity contribution in [2.45, 2.75) is 0 Å². The van der Waals surface area contributed by atoms with Gasteiger partial charge in [-0.3, -0.25) is 14.9 Å². The molecule has 2 aromatic carbocycles. The highest BCUT2D eigenvalue weighted by molar-refractivity contribution is 6.32. The topological polar surface area (TPSA) is 111 Å². The Morgan fingerprint density at radius 2 is 1.95 bits per heavy atom. The lowest BCUT2D eigenvalue weighted by atomic mass is 10.2. The molecule has 0 aliphatic heterocycles. The summed E-state index contributed by atoms with van der Waals surface area (Å²) < 4.78 is 0. The number of nitrogens with two attached hydrogens (primary N) is 1. The van der Waals surface area contributed by atoms with Gasteiger partial charge in [-0.05, 0) is 30.3 Å². The first kappa shape index (κ1) is 15.5. The first-order valence-electron chi connectivity index (χ1n) is 6.10. The van der Waals surface area contributed by atoms with E-state index < -0.39 is 10.8 Å². The van der Waals surface area contributed by atoms with E-state index in [1.165, 1.54) is 18.3 Å². The van der Waals surface area contributed by atoms with Gasteiger partial charge in [0, 0.05) is 22.9 Å². The van der Waals surface area contributed by atoms with Crippen LogP contribution in [0.2, 0.25) is 5.02 Å². The van der Waals surface area contributed by atoms with Crippen molar-refractivity contribution in [3.05, 3.63) is 68.7 Å². The van der Waals surface area contributed by atoms with Crippen LogP contribution in [-0.4, -0.2) is 17.0 Å². The number of hydrogen-bond acceptors (Lipinski definition) is 5. The van der Waals surface area contributed by atoms with Crippen LogP contribution in [-0.2, 0) is 0 Å². The first-order chi connectivity index (χ1) is 10.5. The number of nitro groups is 1. The minimum Gasteiger partial charge on any atom is -0.399 e. The van der Waals surface area contributed by atoms with Gasteiger partial charge in [0.15, 0.2) is 0 Å². The van der Waals surface area contributed by atoms with E-state index in [1.807, 2.05) is 0 Å². The van der Waals surface area contributed by atoms with Crippen LogP contribution >= 0.6 is 11.6 Å². The van der Waals surface area contributed by atoms with E-state index in [0.717, 1.165) is 0 Å². The number of amides is 1. The van der Waals surface area contributed by atoms with Crippen molar-refractivity contribution in [1.82, 2.24) is 5.43 Å². The molecule has 2 rings (SSSR count). The monoisotopic (exact) mass is 318 g/mol. The first-order valence-corrected chi connectivity index (χ1v) is 6.48. The van der Waals surface area contributed by atoms with E-state index in [2.05, 4.69) is 10.5 Å². The summed E-state index contributed by atoms with van der Waals surface area (Å²) >= 11 is 5.70. The average Bonchev–Trinajstić information content (AvgIpc) is 2.49. The normalized spacial score (nSPS) is 10.6. The van der Waals surface area contributed by atoms with Crippen molar-refractivity contribution in [2.75, 3.05) is 5.73 Å². The SMILES string of the molecule is Nc1ccc(C(=O)NN=Cc2ccc(Cl)c([N+](=O)[O-])c2)cc1. The molecule has 0 aliphatic carbocycles. The Labute approximate surface area is 130 Å². The quantitative estimate of drug-likeness (QED) is 0.390. The van der Waals surface area contributed by atoms with Crippen molar-refractivity contribution < 1.29 is 9.72 Å². The molecule has 0 fully saturated rings. The molecule has 0 atom stereocenters. The van der Waals surface area contributed by atoms with Gasteiger partial charge in [-0.1, -0.05) is 17.7 Å². The van der Waals surface area contributed by atoms with Crippen molar-refractivity contribution in [2.24, 2.45) is 5.10 Å². The summed E-state index contributed by atoms with van der Waals surface area (Å²) in [4.78, 5) is 22.0. The molecule has 3 N–H and O–H groups in total. The molecule has 0 aliphatic rings. The number of carbonyl (C=O) groups excluding carboxylic acids is 1. The van der Waals surface area contributed by atoms with Gasteiger partial charge in [0.25, 0.3) is 11.6 Å². The van der Waals surface area contributed by atoms with Gasteiger partial charge in [-0.15, -0.1) is 0 Å². The highest BCUT2D eigenvalue weighted by atomic mass is 35.5. The number of benzene rings is 2. The third kappa shape index (κ3) is 3.80. The maximum absolute atomic E-state index is 11.8. The number of nitrogens with one attached hydrogen (secondary N) is 1. The molecular formula is C14H11ClN4O3. The number of nitrogen functional groups attached to an aromatic ring is 1. The molecule has 2 aromatic rings. The van der Waals surface area contributed by atoms with Gasteiger partial charge in [-0.2, -0.15) is 5.10 Å². The largest absolute Gasteiger partial charge is 0.399 e. The van der Waals surface area contributed by atoms with Crippen LogP contribution in [0.25, 0.3) is 0 Å². The molecule has 0 bridgehead atoms. The number of rotatable bonds is 4. The third-order valence-corrected chi connectivity index (χ3v) is 3.04. The summed E-state index contributed by atoms with van der Waals surface area (Å²) in [5, 5.41) is 14.5. The molecule has 0 radical (unpaired) electrons. The minimum absolute atomic E-state index is 0.0352.